The van der Waals surface area contributed by atoms with Gasteiger partial charge >= 0.3 is 6.18 Å². The van der Waals surface area contributed by atoms with Gasteiger partial charge in [-0.15, -0.1) is 0 Å². The van der Waals surface area contributed by atoms with Gasteiger partial charge in [0.15, 0.2) is 5.96 Å². The van der Waals surface area contributed by atoms with Crippen molar-refractivity contribution in [3.8, 4) is 0 Å². The van der Waals surface area contributed by atoms with Crippen LogP contribution in [0.1, 0.15) is 23.7 Å². The number of aliphatic imine (C=N–C) groups is 1. The molecule has 2 N–H and O–H groups in total. The van der Waals surface area contributed by atoms with Crippen LogP contribution in [-0.2, 0) is 19.3 Å². The molecule has 0 unspecified atom stereocenters. The van der Waals surface area contributed by atoms with Crippen LogP contribution in [0, 0.1) is 0 Å². The Morgan fingerprint density at radius 1 is 1.11 bits per heavy atom. The molecule has 0 atom stereocenters. The van der Waals surface area contributed by atoms with Gasteiger partial charge in [0.2, 0.25) is 0 Å². The maximum Gasteiger partial charge on any atom is 0.416 e. The summed E-state index contributed by atoms with van der Waals surface area (Å²) in [5.41, 5.74) is 0.665. The number of anilines is 1. The zero-order valence-electron chi connectivity index (χ0n) is 15.6. The largest absolute Gasteiger partial charge is 0.416 e. The lowest BCUT2D eigenvalue weighted by Gasteiger charge is -2.14. The normalized spacial score (nSPS) is 12.0. The SMILES string of the molecule is CCNC(=NCc1cccc(C(F)(F)F)c1)NCc1cccc(N(C)C)n1. The second kappa shape index (κ2) is 9.25. The summed E-state index contributed by atoms with van der Waals surface area (Å²) in [6, 6.07) is 10.9. The van der Waals surface area contributed by atoms with Crippen LogP contribution in [0.15, 0.2) is 47.5 Å². The zero-order valence-corrected chi connectivity index (χ0v) is 15.6. The van der Waals surface area contributed by atoms with Crippen LogP contribution in [0.4, 0.5) is 19.0 Å². The summed E-state index contributed by atoms with van der Waals surface area (Å²) >= 11 is 0. The number of hydrogen-bond donors (Lipinski definition) is 2. The standard InChI is InChI=1S/C19H24F3N5/c1-4-23-18(25-13-16-9-6-10-17(26-16)27(2)3)24-12-14-7-5-8-15(11-14)19(20,21)22/h5-11H,4,12-13H2,1-3H3,(H2,23,24,25). The minimum absolute atomic E-state index is 0.143. The Hall–Kier alpha value is -2.77. The third kappa shape index (κ3) is 6.47. The van der Waals surface area contributed by atoms with Gasteiger partial charge < -0.3 is 15.5 Å². The van der Waals surface area contributed by atoms with Gasteiger partial charge in [-0.3, -0.25) is 0 Å². The topological polar surface area (TPSA) is 52.6 Å². The molecule has 1 aromatic heterocycles. The van der Waals surface area contributed by atoms with Crippen LogP contribution in [0.3, 0.4) is 0 Å². The van der Waals surface area contributed by atoms with Crippen molar-refractivity contribution >= 4 is 11.8 Å². The number of alkyl halides is 3. The van der Waals surface area contributed by atoms with Crippen molar-refractivity contribution in [2.24, 2.45) is 4.99 Å². The monoisotopic (exact) mass is 379 g/mol. The number of benzene rings is 1. The third-order valence-electron chi connectivity index (χ3n) is 3.71. The van der Waals surface area contributed by atoms with Gasteiger partial charge in [-0.05, 0) is 36.8 Å². The van der Waals surface area contributed by atoms with E-state index in [1.165, 1.54) is 6.07 Å². The fraction of sp³-hybridized carbons (Fsp3) is 0.368. The van der Waals surface area contributed by atoms with E-state index in [4.69, 9.17) is 0 Å². The van der Waals surface area contributed by atoms with Crippen LogP contribution in [0.25, 0.3) is 0 Å². The maximum atomic E-state index is 12.8. The highest BCUT2D eigenvalue weighted by atomic mass is 19.4. The predicted molar refractivity (Wildman–Crippen MR) is 102 cm³/mol. The molecule has 0 aliphatic carbocycles. The molecule has 0 saturated carbocycles. The second-order valence-corrected chi connectivity index (χ2v) is 6.13. The minimum Gasteiger partial charge on any atom is -0.363 e. The van der Waals surface area contributed by atoms with Crippen LogP contribution >= 0.6 is 0 Å². The Morgan fingerprint density at radius 2 is 1.85 bits per heavy atom. The number of nitrogens with one attached hydrogen (secondary N) is 2. The van der Waals surface area contributed by atoms with Gasteiger partial charge in [0.05, 0.1) is 24.3 Å². The molecule has 1 aromatic carbocycles. The number of guanidine groups is 1. The van der Waals surface area contributed by atoms with E-state index in [-0.39, 0.29) is 6.54 Å². The Balaban J connectivity index is 2.05. The van der Waals surface area contributed by atoms with Gasteiger partial charge in [0, 0.05) is 20.6 Å². The Bertz CT molecular complexity index is 772. The first kappa shape index (κ1) is 20.5. The van der Waals surface area contributed by atoms with Crippen LogP contribution in [0.2, 0.25) is 0 Å². The first-order chi connectivity index (χ1) is 12.8. The van der Waals surface area contributed by atoms with Crippen molar-refractivity contribution in [3.05, 3.63) is 59.3 Å². The number of rotatable bonds is 6. The third-order valence-corrected chi connectivity index (χ3v) is 3.71. The molecule has 0 fully saturated rings. The average Bonchev–Trinajstić information content (AvgIpc) is 2.64. The molecule has 0 aliphatic heterocycles. The Kier molecular flexibility index (Phi) is 7.04. The van der Waals surface area contributed by atoms with E-state index in [2.05, 4.69) is 20.6 Å². The minimum atomic E-state index is -4.36. The summed E-state index contributed by atoms with van der Waals surface area (Å²) in [5.74, 6) is 1.37. The van der Waals surface area contributed by atoms with Crippen molar-refractivity contribution in [1.29, 1.82) is 0 Å². The molecule has 0 amide bonds. The van der Waals surface area contributed by atoms with Crippen LogP contribution in [0.5, 0.6) is 0 Å². The van der Waals surface area contributed by atoms with Crippen molar-refractivity contribution in [3.63, 3.8) is 0 Å². The molecule has 146 valence electrons. The molecule has 27 heavy (non-hydrogen) atoms. The van der Waals surface area contributed by atoms with Gasteiger partial charge in [-0.25, -0.2) is 9.98 Å². The summed E-state index contributed by atoms with van der Waals surface area (Å²) in [4.78, 5) is 10.8. The maximum absolute atomic E-state index is 12.8. The molecule has 0 radical (unpaired) electrons. The number of halogens is 3. The molecule has 2 aromatic rings. The van der Waals surface area contributed by atoms with Gasteiger partial charge in [0.25, 0.3) is 0 Å². The molecule has 8 heteroatoms. The van der Waals surface area contributed by atoms with E-state index in [0.717, 1.165) is 23.6 Å². The molecule has 0 spiro atoms. The van der Waals surface area contributed by atoms with Crippen LogP contribution < -0.4 is 15.5 Å². The van der Waals surface area contributed by atoms with Gasteiger partial charge in [0.1, 0.15) is 5.82 Å². The van der Waals surface area contributed by atoms with Crippen LogP contribution in [-0.4, -0.2) is 31.6 Å². The first-order valence-corrected chi connectivity index (χ1v) is 8.61. The lowest BCUT2D eigenvalue weighted by atomic mass is 10.1. The summed E-state index contributed by atoms with van der Waals surface area (Å²) in [7, 11) is 3.83. The fourth-order valence-electron chi connectivity index (χ4n) is 2.35. The van der Waals surface area contributed by atoms with E-state index >= 15 is 0 Å². The number of nitrogens with zero attached hydrogens (tertiary/aromatic N) is 3. The molecule has 5 nitrogen and oxygen atoms in total. The number of hydrogen-bond acceptors (Lipinski definition) is 3. The highest BCUT2D eigenvalue weighted by molar-refractivity contribution is 5.79. The molecule has 0 bridgehead atoms. The highest BCUT2D eigenvalue weighted by Crippen LogP contribution is 2.29. The van der Waals surface area contributed by atoms with Crippen molar-refractivity contribution < 1.29 is 13.2 Å². The summed E-state index contributed by atoms with van der Waals surface area (Å²) < 4.78 is 38.4. The van der Waals surface area contributed by atoms with Crippen molar-refractivity contribution in [2.45, 2.75) is 26.2 Å². The lowest BCUT2D eigenvalue weighted by molar-refractivity contribution is -0.137. The summed E-state index contributed by atoms with van der Waals surface area (Å²) in [6.07, 6.45) is -4.36. The summed E-state index contributed by atoms with van der Waals surface area (Å²) in [6.45, 7) is 3.16. The van der Waals surface area contributed by atoms with Crippen molar-refractivity contribution in [1.82, 2.24) is 15.6 Å². The molecule has 0 saturated heterocycles. The fourth-order valence-corrected chi connectivity index (χ4v) is 2.35. The molecule has 2 rings (SSSR count). The molecule has 1 heterocycles. The first-order valence-electron chi connectivity index (χ1n) is 8.61. The van der Waals surface area contributed by atoms with Gasteiger partial charge in [-0.2, -0.15) is 13.2 Å². The number of aromatic nitrogens is 1. The quantitative estimate of drug-likeness (QED) is 0.597. The number of pyridine rings is 1. The highest BCUT2D eigenvalue weighted by Gasteiger charge is 2.30. The second-order valence-electron chi connectivity index (χ2n) is 6.13. The van der Waals surface area contributed by atoms with Gasteiger partial charge in [-0.1, -0.05) is 18.2 Å². The molecular formula is C19H24F3N5. The summed E-state index contributed by atoms with van der Waals surface area (Å²) in [5, 5.41) is 6.24. The van der Waals surface area contributed by atoms with E-state index in [0.29, 0.717) is 24.6 Å². The van der Waals surface area contributed by atoms with E-state index in [1.54, 1.807) is 6.07 Å². The van der Waals surface area contributed by atoms with Crippen molar-refractivity contribution in [2.75, 3.05) is 25.5 Å². The smallest absolute Gasteiger partial charge is 0.363 e. The van der Waals surface area contributed by atoms with E-state index in [9.17, 15) is 13.2 Å². The Labute approximate surface area is 157 Å². The zero-order chi connectivity index (χ0) is 19.9. The Morgan fingerprint density at radius 3 is 2.52 bits per heavy atom. The van der Waals surface area contributed by atoms with E-state index < -0.39 is 11.7 Å². The molecule has 0 aliphatic rings. The molecular weight excluding hydrogens is 355 g/mol. The predicted octanol–water partition coefficient (Wildman–Crippen LogP) is 3.42. The lowest BCUT2D eigenvalue weighted by Crippen LogP contribution is -2.37. The average molecular weight is 379 g/mol. The van der Waals surface area contributed by atoms with E-state index in [1.807, 2.05) is 44.1 Å².